The highest BCUT2D eigenvalue weighted by atomic mass is 15.4. The maximum absolute atomic E-state index is 4.61. The molecule has 6 nitrogen and oxygen atoms in total. The van der Waals surface area contributed by atoms with Crippen LogP contribution in [-0.2, 0) is 5.41 Å². The predicted molar refractivity (Wildman–Crippen MR) is 74.7 cm³/mol. The quantitative estimate of drug-likeness (QED) is 0.894. The first kappa shape index (κ1) is 13.5. The van der Waals surface area contributed by atoms with Gasteiger partial charge in [0.15, 0.2) is 5.82 Å². The van der Waals surface area contributed by atoms with Gasteiger partial charge in [0.05, 0.1) is 0 Å². The molecule has 0 amide bonds. The average Bonchev–Trinajstić information content (AvgIpc) is 2.66. The Morgan fingerprint density at radius 2 is 1.79 bits per heavy atom. The summed E-state index contributed by atoms with van der Waals surface area (Å²) in [5, 5.41) is 7.43. The molecule has 2 aromatic rings. The number of hydrogen-bond donors (Lipinski definition) is 1. The first-order valence-corrected chi connectivity index (χ1v) is 6.29. The molecule has 0 bridgehead atoms. The van der Waals surface area contributed by atoms with Crippen molar-refractivity contribution in [1.82, 2.24) is 24.7 Å². The monoisotopic (exact) mass is 260 g/mol. The van der Waals surface area contributed by atoms with Gasteiger partial charge in [-0.05, 0) is 13.8 Å². The van der Waals surface area contributed by atoms with Crippen LogP contribution in [0.15, 0.2) is 6.07 Å². The molecular weight excluding hydrogens is 240 g/mol. The van der Waals surface area contributed by atoms with Gasteiger partial charge in [-0.15, -0.1) is 5.10 Å². The molecule has 0 atom stereocenters. The smallest absolute Gasteiger partial charge is 0.161 e. The van der Waals surface area contributed by atoms with Crippen LogP contribution in [0.25, 0.3) is 5.82 Å². The Bertz CT molecular complexity index is 594. The van der Waals surface area contributed by atoms with Crippen molar-refractivity contribution in [3.8, 4) is 5.82 Å². The van der Waals surface area contributed by atoms with Gasteiger partial charge in [-0.25, -0.2) is 15.0 Å². The van der Waals surface area contributed by atoms with Crippen LogP contribution in [-0.4, -0.2) is 31.8 Å². The van der Waals surface area contributed by atoms with Crippen LogP contribution in [0, 0.1) is 13.8 Å². The van der Waals surface area contributed by atoms with Gasteiger partial charge in [-0.3, -0.25) is 0 Å². The highest BCUT2D eigenvalue weighted by Gasteiger charge is 2.20. The van der Waals surface area contributed by atoms with Crippen molar-refractivity contribution in [3.05, 3.63) is 23.5 Å². The summed E-state index contributed by atoms with van der Waals surface area (Å²) in [5.74, 6) is 3.85. The Kier molecular flexibility index (Phi) is 3.26. The lowest BCUT2D eigenvalue weighted by Crippen LogP contribution is -2.19. The minimum Gasteiger partial charge on any atom is -0.373 e. The van der Waals surface area contributed by atoms with E-state index in [0.29, 0.717) is 0 Å². The molecule has 0 radical (unpaired) electrons. The van der Waals surface area contributed by atoms with Crippen LogP contribution >= 0.6 is 0 Å². The Morgan fingerprint density at radius 3 is 2.26 bits per heavy atom. The zero-order valence-electron chi connectivity index (χ0n) is 12.3. The fourth-order valence-electron chi connectivity index (χ4n) is 1.74. The van der Waals surface area contributed by atoms with E-state index in [1.165, 1.54) is 0 Å². The number of anilines is 1. The summed E-state index contributed by atoms with van der Waals surface area (Å²) >= 11 is 0. The molecule has 102 valence electrons. The first-order valence-electron chi connectivity index (χ1n) is 6.29. The summed E-state index contributed by atoms with van der Waals surface area (Å²) in [6.45, 7) is 10.0. The van der Waals surface area contributed by atoms with E-state index in [0.717, 1.165) is 29.1 Å². The van der Waals surface area contributed by atoms with Gasteiger partial charge in [0.2, 0.25) is 0 Å². The highest BCUT2D eigenvalue weighted by molar-refractivity contribution is 5.41. The standard InChI is InChI=1S/C13H20N6/c1-8-15-9(2)19(18-8)11-7-10(14-6)16-12(17-11)13(3,4)5/h7H,1-6H3,(H,14,16,17). The summed E-state index contributed by atoms with van der Waals surface area (Å²) in [6.07, 6.45) is 0. The number of nitrogens with one attached hydrogen (secondary N) is 1. The third kappa shape index (κ3) is 2.72. The van der Waals surface area contributed by atoms with Crippen LogP contribution < -0.4 is 5.32 Å². The second kappa shape index (κ2) is 4.60. The molecule has 0 spiro atoms. The lowest BCUT2D eigenvalue weighted by molar-refractivity contribution is 0.542. The molecule has 0 fully saturated rings. The number of nitrogens with zero attached hydrogens (tertiary/aromatic N) is 5. The summed E-state index contributed by atoms with van der Waals surface area (Å²) in [6, 6.07) is 1.87. The van der Waals surface area contributed by atoms with Crippen molar-refractivity contribution in [2.24, 2.45) is 0 Å². The summed E-state index contributed by atoms with van der Waals surface area (Å²) < 4.78 is 1.74. The number of aromatic nitrogens is 5. The zero-order valence-corrected chi connectivity index (χ0v) is 12.3. The van der Waals surface area contributed by atoms with Gasteiger partial charge in [0.25, 0.3) is 0 Å². The largest absolute Gasteiger partial charge is 0.373 e. The Morgan fingerprint density at radius 1 is 1.11 bits per heavy atom. The van der Waals surface area contributed by atoms with Crippen LogP contribution in [0.3, 0.4) is 0 Å². The van der Waals surface area contributed by atoms with Crippen molar-refractivity contribution in [2.75, 3.05) is 12.4 Å². The molecule has 2 heterocycles. The van der Waals surface area contributed by atoms with Gasteiger partial charge >= 0.3 is 0 Å². The molecule has 0 unspecified atom stereocenters. The molecular formula is C13H20N6. The second-order valence-corrected chi connectivity index (χ2v) is 5.55. The van der Waals surface area contributed by atoms with Crippen molar-refractivity contribution >= 4 is 5.82 Å². The molecule has 2 aromatic heterocycles. The zero-order chi connectivity index (χ0) is 14.2. The van der Waals surface area contributed by atoms with Crippen LogP contribution in [0.4, 0.5) is 5.82 Å². The topological polar surface area (TPSA) is 68.5 Å². The van der Waals surface area contributed by atoms with Gasteiger partial charge in [-0.1, -0.05) is 20.8 Å². The van der Waals surface area contributed by atoms with E-state index in [2.05, 4.69) is 46.1 Å². The van der Waals surface area contributed by atoms with E-state index in [-0.39, 0.29) is 5.41 Å². The van der Waals surface area contributed by atoms with Crippen LogP contribution in [0.5, 0.6) is 0 Å². The molecule has 6 heteroatoms. The Hall–Kier alpha value is -1.98. The third-order valence-electron chi connectivity index (χ3n) is 2.73. The maximum Gasteiger partial charge on any atom is 0.161 e. The van der Waals surface area contributed by atoms with Crippen molar-refractivity contribution in [3.63, 3.8) is 0 Å². The molecule has 0 saturated carbocycles. The van der Waals surface area contributed by atoms with Gasteiger partial charge in [0.1, 0.15) is 23.3 Å². The fourth-order valence-corrected chi connectivity index (χ4v) is 1.74. The minimum atomic E-state index is -0.120. The van der Waals surface area contributed by atoms with E-state index in [4.69, 9.17) is 0 Å². The Balaban J connectivity index is 2.60. The third-order valence-corrected chi connectivity index (χ3v) is 2.73. The number of rotatable bonds is 2. The van der Waals surface area contributed by atoms with Gasteiger partial charge in [-0.2, -0.15) is 4.68 Å². The molecule has 2 rings (SSSR count). The summed E-state index contributed by atoms with van der Waals surface area (Å²) in [4.78, 5) is 13.4. The Labute approximate surface area is 113 Å². The molecule has 0 saturated heterocycles. The number of hydrogen-bond acceptors (Lipinski definition) is 5. The van der Waals surface area contributed by atoms with E-state index < -0.39 is 0 Å². The van der Waals surface area contributed by atoms with E-state index >= 15 is 0 Å². The average molecular weight is 260 g/mol. The van der Waals surface area contributed by atoms with Gasteiger partial charge < -0.3 is 5.32 Å². The van der Waals surface area contributed by atoms with Crippen LogP contribution in [0.1, 0.15) is 38.2 Å². The fraction of sp³-hybridized carbons (Fsp3) is 0.538. The lowest BCUT2D eigenvalue weighted by atomic mass is 9.96. The number of aryl methyl sites for hydroxylation is 2. The van der Waals surface area contributed by atoms with Crippen molar-refractivity contribution < 1.29 is 0 Å². The molecule has 0 aliphatic rings. The highest BCUT2D eigenvalue weighted by Crippen LogP contribution is 2.21. The van der Waals surface area contributed by atoms with Crippen molar-refractivity contribution in [1.29, 1.82) is 0 Å². The minimum absolute atomic E-state index is 0.120. The van der Waals surface area contributed by atoms with E-state index in [1.807, 2.05) is 27.0 Å². The summed E-state index contributed by atoms with van der Waals surface area (Å²) in [5.41, 5.74) is -0.120. The predicted octanol–water partition coefficient (Wildman–Crippen LogP) is 2.01. The van der Waals surface area contributed by atoms with E-state index in [1.54, 1.807) is 4.68 Å². The lowest BCUT2D eigenvalue weighted by Gasteiger charge is -2.18. The molecule has 0 aromatic carbocycles. The van der Waals surface area contributed by atoms with Gasteiger partial charge in [0, 0.05) is 18.5 Å². The van der Waals surface area contributed by atoms with E-state index in [9.17, 15) is 0 Å². The second-order valence-electron chi connectivity index (χ2n) is 5.55. The first-order chi connectivity index (χ1) is 8.81. The molecule has 0 aliphatic heterocycles. The molecule has 19 heavy (non-hydrogen) atoms. The SMILES string of the molecule is CNc1cc(-n2nc(C)nc2C)nc(C(C)(C)C)n1. The molecule has 1 N–H and O–H groups in total. The normalized spacial score (nSPS) is 11.7. The maximum atomic E-state index is 4.61. The van der Waals surface area contributed by atoms with Crippen LogP contribution in [0.2, 0.25) is 0 Å². The van der Waals surface area contributed by atoms with Crippen molar-refractivity contribution in [2.45, 2.75) is 40.0 Å². The molecule has 0 aliphatic carbocycles. The summed E-state index contributed by atoms with van der Waals surface area (Å²) in [7, 11) is 1.85.